The van der Waals surface area contributed by atoms with Crippen LogP contribution in [0.25, 0.3) is 0 Å². The van der Waals surface area contributed by atoms with E-state index in [0.29, 0.717) is 19.6 Å². The molecule has 0 radical (unpaired) electrons. The number of hydrogen-bond acceptors (Lipinski definition) is 4. The van der Waals surface area contributed by atoms with Crippen molar-refractivity contribution in [1.29, 1.82) is 0 Å². The van der Waals surface area contributed by atoms with Crippen LogP contribution < -0.4 is 10.5 Å². The van der Waals surface area contributed by atoms with Crippen LogP contribution in [0.15, 0.2) is 24.3 Å². The first-order valence-electron chi connectivity index (χ1n) is 8.08. The van der Waals surface area contributed by atoms with Crippen LogP contribution in [-0.2, 0) is 9.53 Å². The highest BCUT2D eigenvalue weighted by Crippen LogP contribution is 2.34. The van der Waals surface area contributed by atoms with Gasteiger partial charge >= 0.3 is 0 Å². The zero-order valence-electron chi connectivity index (χ0n) is 13.0. The summed E-state index contributed by atoms with van der Waals surface area (Å²) in [6.45, 7) is 4.01. The zero-order valence-corrected chi connectivity index (χ0v) is 13.0. The maximum absolute atomic E-state index is 12.3. The topological polar surface area (TPSA) is 64.8 Å². The highest BCUT2D eigenvalue weighted by atomic mass is 16.5. The van der Waals surface area contributed by atoms with Crippen molar-refractivity contribution in [1.82, 2.24) is 4.90 Å². The molecule has 22 heavy (non-hydrogen) atoms. The Morgan fingerprint density at radius 1 is 1.45 bits per heavy atom. The predicted molar refractivity (Wildman–Crippen MR) is 83.6 cm³/mol. The normalized spacial score (nSPS) is 28.4. The Morgan fingerprint density at radius 3 is 3.05 bits per heavy atom. The van der Waals surface area contributed by atoms with Crippen LogP contribution in [0.4, 0.5) is 0 Å². The summed E-state index contributed by atoms with van der Waals surface area (Å²) in [6, 6.07) is 7.64. The van der Waals surface area contributed by atoms with Crippen LogP contribution in [0, 0.1) is 0 Å². The summed E-state index contributed by atoms with van der Waals surface area (Å²) in [5.74, 6) is 0.943. The lowest BCUT2D eigenvalue weighted by molar-refractivity contribution is -0.130. The SMILES string of the molecule is CCOc1cccc(C2C(N)CC(=O)N2CC2CCCO2)c1. The van der Waals surface area contributed by atoms with E-state index in [2.05, 4.69) is 0 Å². The fourth-order valence-corrected chi connectivity index (χ4v) is 3.42. The fraction of sp³-hybridized carbons (Fsp3) is 0.588. The van der Waals surface area contributed by atoms with E-state index in [4.69, 9.17) is 15.2 Å². The molecule has 2 aliphatic rings. The van der Waals surface area contributed by atoms with Gasteiger partial charge in [0, 0.05) is 25.6 Å². The van der Waals surface area contributed by atoms with Crippen molar-refractivity contribution in [3.63, 3.8) is 0 Å². The fourth-order valence-electron chi connectivity index (χ4n) is 3.42. The molecule has 2 fully saturated rings. The Bertz CT molecular complexity index is 528. The molecule has 0 aromatic heterocycles. The quantitative estimate of drug-likeness (QED) is 0.902. The Balaban J connectivity index is 1.81. The van der Waals surface area contributed by atoms with Crippen LogP contribution in [0.5, 0.6) is 5.75 Å². The molecule has 5 nitrogen and oxygen atoms in total. The molecule has 1 aromatic rings. The van der Waals surface area contributed by atoms with Gasteiger partial charge in [-0.25, -0.2) is 0 Å². The van der Waals surface area contributed by atoms with Gasteiger partial charge in [-0.3, -0.25) is 4.79 Å². The molecule has 0 bridgehead atoms. The van der Waals surface area contributed by atoms with Gasteiger partial charge in [-0.2, -0.15) is 0 Å². The van der Waals surface area contributed by atoms with Crippen molar-refractivity contribution in [3.8, 4) is 5.75 Å². The Morgan fingerprint density at radius 2 is 2.32 bits per heavy atom. The van der Waals surface area contributed by atoms with Crippen molar-refractivity contribution in [2.24, 2.45) is 5.73 Å². The lowest BCUT2D eigenvalue weighted by Gasteiger charge is -2.29. The summed E-state index contributed by atoms with van der Waals surface area (Å²) in [5, 5.41) is 0. The molecule has 120 valence electrons. The molecule has 2 aliphatic heterocycles. The van der Waals surface area contributed by atoms with E-state index >= 15 is 0 Å². The van der Waals surface area contributed by atoms with Gasteiger partial charge in [0.2, 0.25) is 5.91 Å². The van der Waals surface area contributed by atoms with Crippen molar-refractivity contribution < 1.29 is 14.3 Å². The number of ether oxygens (including phenoxy) is 2. The molecule has 0 aliphatic carbocycles. The molecule has 3 rings (SSSR count). The van der Waals surface area contributed by atoms with Gasteiger partial charge in [0.25, 0.3) is 0 Å². The molecule has 0 saturated carbocycles. The van der Waals surface area contributed by atoms with Gasteiger partial charge in [-0.1, -0.05) is 12.1 Å². The first-order chi connectivity index (χ1) is 10.7. The van der Waals surface area contributed by atoms with Gasteiger partial charge in [0.15, 0.2) is 0 Å². The van der Waals surface area contributed by atoms with E-state index in [9.17, 15) is 4.79 Å². The van der Waals surface area contributed by atoms with E-state index in [1.807, 2.05) is 36.1 Å². The number of carbonyl (C=O) groups excluding carboxylic acids is 1. The van der Waals surface area contributed by atoms with Crippen molar-refractivity contribution in [2.75, 3.05) is 19.8 Å². The first kappa shape index (κ1) is 15.3. The monoisotopic (exact) mass is 304 g/mol. The van der Waals surface area contributed by atoms with E-state index in [1.165, 1.54) is 0 Å². The minimum absolute atomic E-state index is 0.0860. The number of benzene rings is 1. The molecule has 5 heteroatoms. The second-order valence-corrected chi connectivity index (χ2v) is 6.00. The van der Waals surface area contributed by atoms with Crippen molar-refractivity contribution >= 4 is 5.91 Å². The minimum Gasteiger partial charge on any atom is -0.494 e. The number of carbonyl (C=O) groups is 1. The number of likely N-dealkylation sites (tertiary alicyclic amines) is 1. The van der Waals surface area contributed by atoms with E-state index in [-0.39, 0.29) is 24.1 Å². The average Bonchev–Trinajstić information content (AvgIpc) is 3.09. The summed E-state index contributed by atoms with van der Waals surface area (Å²) in [5.41, 5.74) is 7.29. The summed E-state index contributed by atoms with van der Waals surface area (Å²) in [4.78, 5) is 14.2. The van der Waals surface area contributed by atoms with E-state index in [1.54, 1.807) is 0 Å². The maximum Gasteiger partial charge on any atom is 0.224 e. The van der Waals surface area contributed by atoms with Gasteiger partial charge in [-0.05, 0) is 37.5 Å². The van der Waals surface area contributed by atoms with Crippen LogP contribution in [0.1, 0.15) is 37.8 Å². The number of hydrogen-bond donors (Lipinski definition) is 1. The highest BCUT2D eigenvalue weighted by molar-refractivity contribution is 5.80. The average molecular weight is 304 g/mol. The van der Waals surface area contributed by atoms with Crippen molar-refractivity contribution in [2.45, 2.75) is 44.4 Å². The molecule has 0 spiro atoms. The Labute approximate surface area is 131 Å². The summed E-state index contributed by atoms with van der Waals surface area (Å²) in [7, 11) is 0. The minimum atomic E-state index is -0.175. The lowest BCUT2D eigenvalue weighted by atomic mass is 10.00. The first-order valence-corrected chi connectivity index (χ1v) is 8.08. The second-order valence-electron chi connectivity index (χ2n) is 6.00. The third kappa shape index (κ3) is 3.10. The number of nitrogens with two attached hydrogens (primary N) is 1. The molecule has 2 N–H and O–H groups in total. The van der Waals surface area contributed by atoms with E-state index < -0.39 is 0 Å². The third-order valence-corrected chi connectivity index (χ3v) is 4.41. The molecule has 2 heterocycles. The second kappa shape index (κ2) is 6.67. The number of amides is 1. The van der Waals surface area contributed by atoms with Crippen LogP contribution in [0.3, 0.4) is 0 Å². The van der Waals surface area contributed by atoms with E-state index in [0.717, 1.165) is 30.8 Å². The van der Waals surface area contributed by atoms with Crippen LogP contribution in [-0.4, -0.2) is 42.7 Å². The van der Waals surface area contributed by atoms with Crippen molar-refractivity contribution in [3.05, 3.63) is 29.8 Å². The number of nitrogens with zero attached hydrogens (tertiary/aromatic N) is 1. The number of rotatable bonds is 5. The predicted octanol–water partition coefficient (Wildman–Crippen LogP) is 1.86. The Kier molecular flexibility index (Phi) is 4.64. The van der Waals surface area contributed by atoms with Gasteiger partial charge in [-0.15, -0.1) is 0 Å². The Hall–Kier alpha value is -1.59. The largest absolute Gasteiger partial charge is 0.494 e. The third-order valence-electron chi connectivity index (χ3n) is 4.41. The standard InChI is InChI=1S/C17H24N2O3/c1-2-21-13-6-3-5-12(9-13)17-15(18)10-16(20)19(17)11-14-7-4-8-22-14/h3,5-6,9,14-15,17H,2,4,7-8,10-11,18H2,1H3. The lowest BCUT2D eigenvalue weighted by Crippen LogP contribution is -2.38. The van der Waals surface area contributed by atoms with Gasteiger partial charge in [0.05, 0.1) is 18.8 Å². The molecular formula is C17H24N2O3. The zero-order chi connectivity index (χ0) is 15.5. The summed E-state index contributed by atoms with van der Waals surface area (Å²) < 4.78 is 11.3. The molecular weight excluding hydrogens is 280 g/mol. The summed E-state index contributed by atoms with van der Waals surface area (Å²) >= 11 is 0. The molecule has 3 unspecified atom stereocenters. The molecule has 2 saturated heterocycles. The molecule has 1 aromatic carbocycles. The van der Waals surface area contributed by atoms with Crippen LogP contribution >= 0.6 is 0 Å². The maximum atomic E-state index is 12.3. The van der Waals surface area contributed by atoms with Gasteiger partial charge < -0.3 is 20.1 Å². The molecule has 1 amide bonds. The smallest absolute Gasteiger partial charge is 0.224 e. The highest BCUT2D eigenvalue weighted by Gasteiger charge is 2.40. The summed E-state index contributed by atoms with van der Waals surface area (Å²) in [6.07, 6.45) is 2.64. The molecule has 3 atom stereocenters. The van der Waals surface area contributed by atoms with Gasteiger partial charge in [0.1, 0.15) is 5.75 Å². The van der Waals surface area contributed by atoms with Crippen LogP contribution in [0.2, 0.25) is 0 Å².